The van der Waals surface area contributed by atoms with E-state index in [1.54, 1.807) is 25.8 Å². The summed E-state index contributed by atoms with van der Waals surface area (Å²) in [6.07, 6.45) is 0. The Morgan fingerprint density at radius 3 is 2.50 bits per heavy atom. The number of likely N-dealkylation sites (N-methyl/N-ethyl adjacent to an activating group) is 1. The smallest absolute Gasteiger partial charge is 0.323 e. The van der Waals surface area contributed by atoms with Crippen molar-refractivity contribution in [2.45, 2.75) is 25.9 Å². The van der Waals surface area contributed by atoms with Gasteiger partial charge in [0.2, 0.25) is 0 Å². The number of rotatable bonds is 4. The van der Waals surface area contributed by atoms with E-state index in [2.05, 4.69) is 31.9 Å². The summed E-state index contributed by atoms with van der Waals surface area (Å²) in [6, 6.07) is 1.82. The molecule has 4 nitrogen and oxygen atoms in total. The van der Waals surface area contributed by atoms with Crippen LogP contribution in [0.3, 0.4) is 0 Å². The van der Waals surface area contributed by atoms with Gasteiger partial charge in [0, 0.05) is 0 Å². The number of halogens is 2. The average molecular weight is 355 g/mol. The lowest BCUT2D eigenvalue weighted by atomic mass is 10.0. The van der Waals surface area contributed by atoms with E-state index in [0.717, 1.165) is 4.47 Å². The summed E-state index contributed by atoms with van der Waals surface area (Å²) < 4.78 is 6.83. The maximum Gasteiger partial charge on any atom is 0.323 e. The summed E-state index contributed by atoms with van der Waals surface area (Å²) in [6.45, 7) is 3.74. The Hall–Kier alpha value is -0.330. The highest BCUT2D eigenvalue weighted by Gasteiger charge is 2.32. The second-order valence-electron chi connectivity index (χ2n) is 4.05. The van der Waals surface area contributed by atoms with E-state index in [1.165, 1.54) is 0 Å². The Labute approximate surface area is 111 Å². The van der Waals surface area contributed by atoms with Gasteiger partial charge in [-0.2, -0.15) is 0 Å². The zero-order valence-corrected chi connectivity index (χ0v) is 12.4. The minimum Gasteiger partial charge on any atom is -0.480 e. The van der Waals surface area contributed by atoms with Crippen LogP contribution >= 0.6 is 31.9 Å². The van der Waals surface area contributed by atoms with Gasteiger partial charge in [-0.05, 0) is 58.8 Å². The summed E-state index contributed by atoms with van der Waals surface area (Å²) in [5, 5.41) is 9.06. The summed E-state index contributed by atoms with van der Waals surface area (Å²) in [7, 11) is 1.75. The van der Waals surface area contributed by atoms with E-state index >= 15 is 0 Å². The van der Waals surface area contributed by atoms with Gasteiger partial charge < -0.3 is 9.52 Å². The van der Waals surface area contributed by atoms with Gasteiger partial charge in [-0.25, -0.2) is 0 Å². The standard InChI is InChI=1S/C10H13Br2NO3/c1-10(2,9(14)15)13(3)5-6-4-7(11)8(12)16-6/h4H,5H2,1-3H3,(H,14,15). The summed E-state index contributed by atoms with van der Waals surface area (Å²) in [5.41, 5.74) is -0.925. The summed E-state index contributed by atoms with van der Waals surface area (Å²) in [5.74, 6) is -0.157. The Morgan fingerprint density at radius 1 is 1.56 bits per heavy atom. The molecule has 0 aliphatic carbocycles. The number of hydrogen-bond donors (Lipinski definition) is 1. The van der Waals surface area contributed by atoms with Gasteiger partial charge in [0.1, 0.15) is 11.3 Å². The first-order valence-corrected chi connectivity index (χ1v) is 6.22. The maximum atomic E-state index is 11.0. The molecule has 0 spiro atoms. The highest BCUT2D eigenvalue weighted by Crippen LogP contribution is 2.28. The molecule has 0 aliphatic heterocycles. The van der Waals surface area contributed by atoms with Gasteiger partial charge in [-0.15, -0.1) is 0 Å². The number of aliphatic carboxylic acids is 1. The van der Waals surface area contributed by atoms with E-state index in [0.29, 0.717) is 17.0 Å². The minimum absolute atomic E-state index is 0.434. The molecule has 0 bridgehead atoms. The Morgan fingerprint density at radius 2 is 2.12 bits per heavy atom. The van der Waals surface area contributed by atoms with Gasteiger partial charge >= 0.3 is 5.97 Å². The number of carboxylic acids is 1. The largest absolute Gasteiger partial charge is 0.480 e. The van der Waals surface area contributed by atoms with Crippen LogP contribution in [0.4, 0.5) is 0 Å². The van der Waals surface area contributed by atoms with Crippen LogP contribution < -0.4 is 0 Å². The molecule has 0 unspecified atom stereocenters. The molecule has 1 heterocycles. The van der Waals surface area contributed by atoms with Crippen LogP contribution in [0.5, 0.6) is 0 Å². The van der Waals surface area contributed by atoms with Gasteiger partial charge in [0.05, 0.1) is 11.0 Å². The van der Waals surface area contributed by atoms with E-state index in [9.17, 15) is 4.79 Å². The van der Waals surface area contributed by atoms with E-state index in [-0.39, 0.29) is 0 Å². The van der Waals surface area contributed by atoms with Crippen molar-refractivity contribution in [2.24, 2.45) is 0 Å². The normalized spacial score (nSPS) is 12.1. The molecule has 1 aromatic heterocycles. The molecule has 0 aliphatic rings. The van der Waals surface area contributed by atoms with Crippen molar-refractivity contribution in [3.63, 3.8) is 0 Å². The van der Waals surface area contributed by atoms with Crippen LogP contribution in [0.1, 0.15) is 19.6 Å². The molecule has 1 N–H and O–H groups in total. The van der Waals surface area contributed by atoms with E-state index in [4.69, 9.17) is 9.52 Å². The van der Waals surface area contributed by atoms with Gasteiger partial charge in [0.15, 0.2) is 4.67 Å². The average Bonchev–Trinajstić information content (AvgIpc) is 2.45. The molecule has 0 atom stereocenters. The SMILES string of the molecule is CN(Cc1cc(Br)c(Br)o1)C(C)(C)C(=O)O. The second kappa shape index (κ2) is 4.89. The van der Waals surface area contributed by atoms with Crippen molar-refractivity contribution in [1.82, 2.24) is 4.90 Å². The van der Waals surface area contributed by atoms with Crippen LogP contribution in [-0.2, 0) is 11.3 Å². The molecular weight excluding hydrogens is 342 g/mol. The molecule has 0 aromatic carbocycles. The number of furan rings is 1. The maximum absolute atomic E-state index is 11.0. The van der Waals surface area contributed by atoms with Gasteiger partial charge in [-0.1, -0.05) is 0 Å². The molecule has 1 aromatic rings. The van der Waals surface area contributed by atoms with Crippen molar-refractivity contribution < 1.29 is 14.3 Å². The van der Waals surface area contributed by atoms with Gasteiger partial charge in [0.25, 0.3) is 0 Å². The summed E-state index contributed by atoms with van der Waals surface area (Å²) in [4.78, 5) is 12.7. The van der Waals surface area contributed by atoms with Crippen LogP contribution in [0, 0.1) is 0 Å². The minimum atomic E-state index is -0.925. The van der Waals surface area contributed by atoms with Crippen LogP contribution in [0.15, 0.2) is 19.6 Å². The monoisotopic (exact) mass is 353 g/mol. The topological polar surface area (TPSA) is 53.7 Å². The zero-order valence-electron chi connectivity index (χ0n) is 9.25. The van der Waals surface area contributed by atoms with Crippen molar-refractivity contribution >= 4 is 37.8 Å². The van der Waals surface area contributed by atoms with Gasteiger partial charge in [-0.3, -0.25) is 9.69 Å². The third kappa shape index (κ3) is 2.87. The first-order valence-electron chi connectivity index (χ1n) is 4.63. The predicted octanol–water partition coefficient (Wildman–Crippen LogP) is 3.10. The molecule has 0 radical (unpaired) electrons. The van der Waals surface area contributed by atoms with Crippen LogP contribution in [-0.4, -0.2) is 28.6 Å². The Bertz CT molecular complexity index is 381. The molecule has 6 heteroatoms. The lowest BCUT2D eigenvalue weighted by Gasteiger charge is -2.30. The molecule has 0 saturated carbocycles. The molecule has 90 valence electrons. The molecule has 1 rings (SSSR count). The third-order valence-corrected chi connectivity index (χ3v) is 4.28. The predicted molar refractivity (Wildman–Crippen MR) is 67.3 cm³/mol. The zero-order chi connectivity index (χ0) is 12.5. The fourth-order valence-electron chi connectivity index (χ4n) is 1.06. The third-order valence-electron chi connectivity index (χ3n) is 2.57. The van der Waals surface area contributed by atoms with E-state index in [1.807, 2.05) is 6.07 Å². The first-order chi connectivity index (χ1) is 7.25. The second-order valence-corrected chi connectivity index (χ2v) is 5.63. The molecule has 0 saturated heterocycles. The Balaban J connectivity index is 2.78. The van der Waals surface area contributed by atoms with Crippen molar-refractivity contribution in [1.29, 1.82) is 0 Å². The number of hydrogen-bond acceptors (Lipinski definition) is 3. The van der Waals surface area contributed by atoms with Crippen LogP contribution in [0.25, 0.3) is 0 Å². The number of carboxylic acid groups (broad SMARTS) is 1. The molecule has 16 heavy (non-hydrogen) atoms. The lowest BCUT2D eigenvalue weighted by Crippen LogP contribution is -2.47. The quantitative estimate of drug-likeness (QED) is 0.902. The van der Waals surface area contributed by atoms with E-state index < -0.39 is 11.5 Å². The number of carbonyl (C=O) groups is 1. The molecule has 0 amide bonds. The fraction of sp³-hybridized carbons (Fsp3) is 0.500. The first kappa shape index (κ1) is 13.7. The van der Waals surface area contributed by atoms with Crippen molar-refractivity contribution in [3.8, 4) is 0 Å². The number of nitrogens with zero attached hydrogens (tertiary/aromatic N) is 1. The lowest BCUT2D eigenvalue weighted by molar-refractivity contribution is -0.148. The molecular formula is C10H13Br2NO3. The summed E-state index contributed by atoms with van der Waals surface area (Å²) >= 11 is 6.55. The highest BCUT2D eigenvalue weighted by atomic mass is 79.9. The highest BCUT2D eigenvalue weighted by molar-refractivity contribution is 9.13. The van der Waals surface area contributed by atoms with Crippen LogP contribution in [0.2, 0.25) is 0 Å². The van der Waals surface area contributed by atoms with Crippen molar-refractivity contribution in [2.75, 3.05) is 7.05 Å². The molecule has 0 fully saturated rings. The van der Waals surface area contributed by atoms with Crippen molar-refractivity contribution in [3.05, 3.63) is 21.0 Å². The fourth-order valence-corrected chi connectivity index (χ4v) is 1.72. The Kier molecular flexibility index (Phi) is 4.20.